The Balaban J connectivity index is 1.13. The van der Waals surface area contributed by atoms with Gasteiger partial charge < -0.3 is 34.6 Å². The summed E-state index contributed by atoms with van der Waals surface area (Å²) in [6.07, 6.45) is -1.62. The quantitative estimate of drug-likeness (QED) is 0.0577. The Morgan fingerprint density at radius 3 is 2.24 bits per heavy atom. The van der Waals surface area contributed by atoms with E-state index in [0.29, 0.717) is 47.1 Å². The molecule has 68 heavy (non-hydrogen) atoms. The molecule has 0 aliphatic carbocycles. The Labute approximate surface area is 397 Å². The van der Waals surface area contributed by atoms with E-state index in [4.69, 9.17) is 44.4 Å². The van der Waals surface area contributed by atoms with E-state index in [0.717, 1.165) is 5.56 Å². The van der Waals surface area contributed by atoms with E-state index >= 15 is 0 Å². The van der Waals surface area contributed by atoms with Crippen LogP contribution in [0, 0.1) is 22.7 Å². The van der Waals surface area contributed by atoms with Gasteiger partial charge in [-0.3, -0.25) is 13.6 Å². The molecule has 1 amide bonds. The SMILES string of the molecule is CCN(Cc1ccc(OC)cc1)c1nc(Nc2cc(C#N)cc(N3CC[C@@H](NC(=O)OC)[C@H](OC(=O)C(C)OP(=O)(OCc4ccccc4)OCc4ccccc4)C3)c2Cl)nn2c(C#N)cnc12. The van der Waals surface area contributed by atoms with Crippen LogP contribution in [0.2, 0.25) is 5.02 Å². The average molecular weight is 963 g/mol. The molecule has 6 aromatic rings. The van der Waals surface area contributed by atoms with Gasteiger partial charge in [-0.2, -0.15) is 20.0 Å². The summed E-state index contributed by atoms with van der Waals surface area (Å²) in [5.74, 6) is 0.276. The highest BCUT2D eigenvalue weighted by atomic mass is 35.5. The Bertz CT molecular complexity index is 2800. The maximum absolute atomic E-state index is 14.1. The van der Waals surface area contributed by atoms with Crippen molar-refractivity contribution in [3.05, 3.63) is 136 Å². The van der Waals surface area contributed by atoms with Crippen molar-refractivity contribution >= 4 is 60.3 Å². The number of aromatic nitrogens is 4. The molecule has 0 saturated carbocycles. The number of phosphoric acid groups is 1. The van der Waals surface area contributed by atoms with Gasteiger partial charge in [0.25, 0.3) is 0 Å². The number of benzene rings is 4. The van der Waals surface area contributed by atoms with Crippen LogP contribution in [-0.2, 0) is 52.2 Å². The molecule has 1 saturated heterocycles. The first kappa shape index (κ1) is 48.7. The molecule has 19 nitrogen and oxygen atoms in total. The fourth-order valence-electron chi connectivity index (χ4n) is 7.28. The summed E-state index contributed by atoms with van der Waals surface area (Å²) in [5, 5.41) is 30.8. The third kappa shape index (κ3) is 12.0. The Hall–Kier alpha value is -7.25. The van der Waals surface area contributed by atoms with E-state index < -0.39 is 38.1 Å². The predicted octanol–water partition coefficient (Wildman–Crippen LogP) is 8.09. The van der Waals surface area contributed by atoms with Crippen LogP contribution in [0.15, 0.2) is 103 Å². The summed E-state index contributed by atoms with van der Waals surface area (Å²) in [5.41, 5.74) is 3.74. The van der Waals surface area contributed by atoms with E-state index in [9.17, 15) is 24.7 Å². The first-order valence-electron chi connectivity index (χ1n) is 21.4. The van der Waals surface area contributed by atoms with Crippen molar-refractivity contribution in [2.45, 2.75) is 58.3 Å². The number of carbonyl (C=O) groups excluding carboxylic acids is 2. The largest absolute Gasteiger partial charge is 0.497 e. The number of nitriles is 2. The normalized spacial score (nSPS) is 15.1. The first-order valence-corrected chi connectivity index (χ1v) is 23.3. The second kappa shape index (κ2) is 22.5. The minimum atomic E-state index is -4.41. The van der Waals surface area contributed by atoms with Crippen molar-refractivity contribution in [1.29, 1.82) is 10.5 Å². The molecule has 1 aliphatic heterocycles. The van der Waals surface area contributed by atoms with Gasteiger partial charge in [0.05, 0.1) is 74.2 Å². The number of nitrogens with one attached hydrogen (secondary N) is 2. The van der Waals surface area contributed by atoms with Gasteiger partial charge in [-0.1, -0.05) is 84.4 Å². The summed E-state index contributed by atoms with van der Waals surface area (Å²) in [6, 6.07) is 32.3. The summed E-state index contributed by atoms with van der Waals surface area (Å²) in [7, 11) is -1.59. The zero-order chi connectivity index (χ0) is 48.2. The summed E-state index contributed by atoms with van der Waals surface area (Å²) >= 11 is 7.17. The van der Waals surface area contributed by atoms with Gasteiger partial charge >= 0.3 is 19.9 Å². The van der Waals surface area contributed by atoms with Crippen molar-refractivity contribution in [2.75, 3.05) is 49.0 Å². The Morgan fingerprint density at radius 2 is 1.63 bits per heavy atom. The van der Waals surface area contributed by atoms with Crippen LogP contribution < -0.4 is 25.2 Å². The molecule has 3 atom stereocenters. The lowest BCUT2D eigenvalue weighted by molar-refractivity contribution is -0.159. The lowest BCUT2D eigenvalue weighted by atomic mass is 10.0. The number of anilines is 4. The fourth-order valence-corrected chi connectivity index (χ4v) is 8.84. The number of rotatable bonds is 19. The van der Waals surface area contributed by atoms with E-state index in [1.54, 1.807) is 66.6 Å². The molecule has 2 N–H and O–H groups in total. The van der Waals surface area contributed by atoms with Gasteiger partial charge in [0.2, 0.25) is 5.95 Å². The molecule has 4 aromatic carbocycles. The average Bonchev–Trinajstić information content (AvgIpc) is 3.79. The fraction of sp³-hybridized carbons (Fsp3) is 0.298. The third-order valence-corrected chi connectivity index (χ3v) is 12.7. The molecular weight excluding hydrogens is 915 g/mol. The molecule has 352 valence electrons. The van der Waals surface area contributed by atoms with Crippen LogP contribution in [0.3, 0.4) is 0 Å². The zero-order valence-electron chi connectivity index (χ0n) is 37.6. The summed E-state index contributed by atoms with van der Waals surface area (Å²) < 4.78 is 48.9. The number of hydrogen-bond acceptors (Lipinski definition) is 17. The molecule has 0 bridgehead atoms. The number of alkyl carbamates (subject to hydrolysis) is 1. The molecule has 2 aromatic heterocycles. The maximum atomic E-state index is 14.1. The number of fused-ring (bicyclic) bond motifs is 1. The molecule has 1 unspecified atom stereocenters. The van der Waals surface area contributed by atoms with E-state index in [-0.39, 0.29) is 60.6 Å². The highest BCUT2D eigenvalue weighted by Crippen LogP contribution is 2.52. The van der Waals surface area contributed by atoms with Gasteiger partial charge in [0.1, 0.15) is 17.9 Å². The predicted molar refractivity (Wildman–Crippen MR) is 251 cm³/mol. The van der Waals surface area contributed by atoms with Gasteiger partial charge in [-0.15, -0.1) is 5.10 Å². The molecule has 7 rings (SSSR count). The van der Waals surface area contributed by atoms with Crippen molar-refractivity contribution in [3.8, 4) is 17.9 Å². The number of imidazole rings is 1. The zero-order valence-corrected chi connectivity index (χ0v) is 39.2. The van der Waals surface area contributed by atoms with Gasteiger partial charge in [0.15, 0.2) is 23.3 Å². The number of piperidine rings is 1. The second-order valence-electron chi connectivity index (χ2n) is 15.4. The number of amides is 1. The minimum absolute atomic E-state index is 0.0299. The Morgan fingerprint density at radius 1 is 0.956 bits per heavy atom. The van der Waals surface area contributed by atoms with E-state index in [2.05, 4.69) is 32.9 Å². The molecule has 21 heteroatoms. The number of methoxy groups -OCH3 is 2. The molecular formula is C47H48ClN10O9P. The van der Waals surface area contributed by atoms with Crippen LogP contribution in [0.4, 0.5) is 27.9 Å². The smallest absolute Gasteiger partial charge is 0.476 e. The topological polar surface area (TPSA) is 228 Å². The van der Waals surface area contributed by atoms with Crippen molar-refractivity contribution < 1.29 is 41.9 Å². The maximum Gasteiger partial charge on any atom is 0.476 e. The Kier molecular flexibility index (Phi) is 16.1. The monoisotopic (exact) mass is 962 g/mol. The minimum Gasteiger partial charge on any atom is -0.497 e. The van der Waals surface area contributed by atoms with Gasteiger partial charge in [-0.05, 0) is 61.2 Å². The molecule has 1 aliphatic rings. The number of halogens is 1. The second-order valence-corrected chi connectivity index (χ2v) is 17.4. The van der Waals surface area contributed by atoms with Crippen LogP contribution >= 0.6 is 19.4 Å². The summed E-state index contributed by atoms with van der Waals surface area (Å²) in [4.78, 5) is 39.5. The number of carbonyl (C=O) groups is 2. The standard InChI is InChI=1S/C47H48ClN10O9P/c1-5-56(27-32-16-18-37(62-3)19-17-32)44-43-51-26-36(25-50)58(43)55-46(54-44)52-39-22-35(24-49)23-40(42(39)48)57-21-20-38(53-47(60)63-4)41(28-57)66-45(59)31(2)67-68(61,64-29-33-12-8-6-9-13-33)65-30-34-14-10-7-11-15-34/h6-19,22-23,26,31,38,41H,5,20-21,27-30H2,1-4H3,(H,52,55)(H,53,60)/t31?,38-,41-/m1/s1. The lowest BCUT2D eigenvalue weighted by Crippen LogP contribution is -2.56. The number of ether oxygens (including phenoxy) is 3. The van der Waals surface area contributed by atoms with Crippen molar-refractivity contribution in [3.63, 3.8) is 0 Å². The first-order chi connectivity index (χ1) is 32.9. The van der Waals surface area contributed by atoms with E-state index in [1.165, 1.54) is 30.8 Å². The summed E-state index contributed by atoms with van der Waals surface area (Å²) in [6.45, 7) is 4.26. The van der Waals surface area contributed by atoms with Crippen LogP contribution in [0.1, 0.15) is 48.2 Å². The third-order valence-electron chi connectivity index (χ3n) is 10.8. The van der Waals surface area contributed by atoms with E-state index in [1.807, 2.05) is 48.2 Å². The van der Waals surface area contributed by atoms with Gasteiger partial charge in [-0.25, -0.2) is 19.1 Å². The van der Waals surface area contributed by atoms with Crippen LogP contribution in [-0.4, -0.2) is 83.7 Å². The number of nitrogens with zero attached hydrogens (tertiary/aromatic N) is 8. The highest BCUT2D eigenvalue weighted by molar-refractivity contribution is 7.48. The number of hydrogen-bond donors (Lipinski definition) is 2. The molecule has 0 radical (unpaired) electrons. The van der Waals surface area contributed by atoms with Crippen molar-refractivity contribution in [2.24, 2.45) is 0 Å². The van der Waals surface area contributed by atoms with Crippen LogP contribution in [0.25, 0.3) is 5.65 Å². The van der Waals surface area contributed by atoms with Crippen LogP contribution in [0.5, 0.6) is 5.75 Å². The number of esters is 1. The molecule has 0 spiro atoms. The molecule has 3 heterocycles. The van der Waals surface area contributed by atoms with Crippen molar-refractivity contribution in [1.82, 2.24) is 24.9 Å². The highest BCUT2D eigenvalue weighted by Gasteiger charge is 2.39. The lowest BCUT2D eigenvalue weighted by Gasteiger charge is -2.40. The number of phosphoric ester groups is 1. The molecule has 1 fully saturated rings. The van der Waals surface area contributed by atoms with Gasteiger partial charge in [0, 0.05) is 19.6 Å².